The van der Waals surface area contributed by atoms with E-state index in [2.05, 4.69) is 31.1 Å². The molecule has 0 heterocycles. The van der Waals surface area contributed by atoms with Crippen LogP contribution in [-0.4, -0.2) is 13.3 Å². The first kappa shape index (κ1) is 7.47. The van der Waals surface area contributed by atoms with Crippen LogP contribution in [0.25, 0.3) is 0 Å². The zero-order valence-electron chi connectivity index (χ0n) is 5.65. The highest BCUT2D eigenvalue weighted by Crippen LogP contribution is 1.95. The third-order valence-electron chi connectivity index (χ3n) is 0.945. The minimum absolute atomic E-state index is 0.754. The maximum absolute atomic E-state index is 3.51. The average molecular weight is 114 g/mol. The van der Waals surface area contributed by atoms with Gasteiger partial charge in [0.1, 0.15) is 0 Å². The Labute approximate surface area is 51.0 Å². The van der Waals surface area contributed by atoms with Crippen molar-refractivity contribution in [2.45, 2.75) is 20.3 Å². The number of hydrogen-bond donors (Lipinski definition) is 1. The molecule has 0 fully saturated rings. The second kappa shape index (κ2) is 4.62. The Balaban J connectivity index is 2.81. The molecule has 0 aromatic heterocycles. The lowest BCUT2D eigenvalue weighted by molar-refractivity contribution is 0.549. The van der Waals surface area contributed by atoms with Gasteiger partial charge in [0.2, 0.25) is 0 Å². The van der Waals surface area contributed by atoms with Crippen LogP contribution in [-0.2, 0) is 0 Å². The van der Waals surface area contributed by atoms with Gasteiger partial charge in [-0.25, -0.2) is 0 Å². The summed E-state index contributed by atoms with van der Waals surface area (Å²) < 4.78 is 0. The van der Waals surface area contributed by atoms with Gasteiger partial charge in [-0.1, -0.05) is 13.8 Å². The minimum Gasteiger partial charge on any atom is -0.311 e. The van der Waals surface area contributed by atoms with Crippen LogP contribution in [0.5, 0.6) is 0 Å². The van der Waals surface area contributed by atoms with Gasteiger partial charge in [0.05, 0.1) is 0 Å². The number of nitrogens with one attached hydrogen (secondary N) is 1. The van der Waals surface area contributed by atoms with Crippen molar-refractivity contribution in [3.05, 3.63) is 0 Å². The zero-order valence-corrected chi connectivity index (χ0v) is 5.65. The number of rotatable bonds is 4. The van der Waals surface area contributed by atoms with E-state index in [4.69, 9.17) is 0 Å². The van der Waals surface area contributed by atoms with Crippen molar-refractivity contribution < 1.29 is 0 Å². The maximum atomic E-state index is 3.51. The highest BCUT2D eigenvalue weighted by atomic mass is 15.3. The summed E-state index contributed by atoms with van der Waals surface area (Å²) in [5.41, 5.74) is 2.79. The Morgan fingerprint density at radius 2 is 2.25 bits per heavy atom. The Bertz CT molecular complexity index is 59.5. The SMILES string of the molecule is C=NNCCC(C)C. The predicted molar refractivity (Wildman–Crippen MR) is 37.0 cm³/mol. The van der Waals surface area contributed by atoms with Crippen molar-refractivity contribution in [3.63, 3.8) is 0 Å². The summed E-state index contributed by atoms with van der Waals surface area (Å²) in [6.45, 7) is 8.61. The second-order valence-corrected chi connectivity index (χ2v) is 2.25. The van der Waals surface area contributed by atoms with E-state index in [-0.39, 0.29) is 0 Å². The van der Waals surface area contributed by atoms with E-state index in [1.807, 2.05) is 0 Å². The molecule has 0 saturated carbocycles. The summed E-state index contributed by atoms with van der Waals surface area (Å²) in [5.74, 6) is 0.754. The first-order valence-corrected chi connectivity index (χ1v) is 2.96. The Hall–Kier alpha value is -0.530. The van der Waals surface area contributed by atoms with Gasteiger partial charge < -0.3 is 5.43 Å². The molecule has 0 aromatic carbocycles. The monoisotopic (exact) mass is 114 g/mol. The van der Waals surface area contributed by atoms with E-state index >= 15 is 0 Å². The summed E-state index contributed by atoms with van der Waals surface area (Å²) in [6, 6.07) is 0. The smallest absolute Gasteiger partial charge is 0.0331 e. The standard InChI is InChI=1S/C6H14N2/c1-6(2)4-5-8-7-3/h6,8H,3-5H2,1-2H3. The minimum atomic E-state index is 0.754. The van der Waals surface area contributed by atoms with Gasteiger partial charge >= 0.3 is 0 Å². The molecule has 0 saturated heterocycles. The van der Waals surface area contributed by atoms with Crippen LogP contribution in [0.15, 0.2) is 5.10 Å². The number of nitrogens with zero attached hydrogens (tertiary/aromatic N) is 1. The molecule has 0 aromatic rings. The summed E-state index contributed by atoms with van der Waals surface area (Å²) in [7, 11) is 0. The molecule has 0 bridgehead atoms. The van der Waals surface area contributed by atoms with Gasteiger partial charge in [-0.2, -0.15) is 5.10 Å². The summed E-state index contributed by atoms with van der Waals surface area (Å²) in [5, 5.41) is 3.51. The van der Waals surface area contributed by atoms with Gasteiger partial charge in [-0.05, 0) is 12.3 Å². The lowest BCUT2D eigenvalue weighted by atomic mass is 10.1. The topological polar surface area (TPSA) is 24.4 Å². The predicted octanol–water partition coefficient (Wildman–Crippen LogP) is 1.24. The van der Waals surface area contributed by atoms with Crippen molar-refractivity contribution in [2.75, 3.05) is 6.54 Å². The van der Waals surface area contributed by atoms with E-state index in [0.717, 1.165) is 12.5 Å². The van der Waals surface area contributed by atoms with Crippen molar-refractivity contribution in [1.82, 2.24) is 5.43 Å². The molecule has 0 unspecified atom stereocenters. The Morgan fingerprint density at radius 3 is 2.62 bits per heavy atom. The normalized spacial score (nSPS) is 9.38. The van der Waals surface area contributed by atoms with Gasteiger partial charge in [0, 0.05) is 13.3 Å². The lowest BCUT2D eigenvalue weighted by Crippen LogP contribution is -2.08. The number of hydrogen-bond acceptors (Lipinski definition) is 2. The summed E-state index contributed by atoms with van der Waals surface area (Å²) in [4.78, 5) is 0. The fraction of sp³-hybridized carbons (Fsp3) is 0.833. The molecule has 0 aliphatic carbocycles. The molecular formula is C6H14N2. The molecular weight excluding hydrogens is 100 g/mol. The fourth-order valence-electron chi connectivity index (χ4n) is 0.432. The molecule has 2 nitrogen and oxygen atoms in total. The molecule has 0 aliphatic rings. The summed E-state index contributed by atoms with van der Waals surface area (Å²) in [6.07, 6.45) is 1.17. The van der Waals surface area contributed by atoms with Crippen LogP contribution in [0, 0.1) is 5.92 Å². The maximum Gasteiger partial charge on any atom is 0.0331 e. The third-order valence-corrected chi connectivity index (χ3v) is 0.945. The molecule has 0 radical (unpaired) electrons. The second-order valence-electron chi connectivity index (χ2n) is 2.25. The molecule has 0 atom stereocenters. The average Bonchev–Trinajstić information content (AvgIpc) is 1.66. The van der Waals surface area contributed by atoms with Crippen molar-refractivity contribution in [2.24, 2.45) is 11.0 Å². The molecule has 0 aliphatic heterocycles. The Morgan fingerprint density at radius 1 is 1.62 bits per heavy atom. The van der Waals surface area contributed by atoms with E-state index in [1.165, 1.54) is 6.42 Å². The lowest BCUT2D eigenvalue weighted by Gasteiger charge is -2.01. The van der Waals surface area contributed by atoms with Crippen LogP contribution in [0.1, 0.15) is 20.3 Å². The first-order chi connectivity index (χ1) is 3.77. The number of hydrazone groups is 1. The fourth-order valence-corrected chi connectivity index (χ4v) is 0.432. The Kier molecular flexibility index (Phi) is 4.32. The molecule has 2 heteroatoms. The van der Waals surface area contributed by atoms with Gasteiger partial charge in [0.15, 0.2) is 0 Å². The zero-order chi connectivity index (χ0) is 6.41. The quantitative estimate of drug-likeness (QED) is 0.332. The molecule has 48 valence electrons. The largest absolute Gasteiger partial charge is 0.311 e. The third kappa shape index (κ3) is 5.47. The molecule has 0 amide bonds. The van der Waals surface area contributed by atoms with E-state index in [0.29, 0.717) is 0 Å². The first-order valence-electron chi connectivity index (χ1n) is 2.96. The van der Waals surface area contributed by atoms with E-state index in [1.54, 1.807) is 0 Å². The van der Waals surface area contributed by atoms with E-state index in [9.17, 15) is 0 Å². The van der Waals surface area contributed by atoms with Crippen LogP contribution < -0.4 is 5.43 Å². The van der Waals surface area contributed by atoms with Crippen LogP contribution >= 0.6 is 0 Å². The van der Waals surface area contributed by atoms with E-state index < -0.39 is 0 Å². The van der Waals surface area contributed by atoms with Crippen molar-refractivity contribution >= 4 is 6.72 Å². The molecule has 0 spiro atoms. The van der Waals surface area contributed by atoms with Gasteiger partial charge in [0.25, 0.3) is 0 Å². The molecule has 1 N–H and O–H groups in total. The van der Waals surface area contributed by atoms with Gasteiger partial charge in [-0.15, -0.1) is 0 Å². The highest BCUT2D eigenvalue weighted by molar-refractivity contribution is 5.22. The van der Waals surface area contributed by atoms with Crippen LogP contribution in [0.2, 0.25) is 0 Å². The van der Waals surface area contributed by atoms with Gasteiger partial charge in [-0.3, -0.25) is 0 Å². The van der Waals surface area contributed by atoms with Crippen LogP contribution in [0.4, 0.5) is 0 Å². The summed E-state index contributed by atoms with van der Waals surface area (Å²) >= 11 is 0. The van der Waals surface area contributed by atoms with Crippen molar-refractivity contribution in [3.8, 4) is 0 Å². The van der Waals surface area contributed by atoms with Crippen LogP contribution in [0.3, 0.4) is 0 Å². The molecule has 8 heavy (non-hydrogen) atoms. The highest BCUT2D eigenvalue weighted by Gasteiger charge is 1.89. The molecule has 0 rings (SSSR count). The van der Waals surface area contributed by atoms with Crippen molar-refractivity contribution in [1.29, 1.82) is 0 Å².